The molecule has 0 amide bonds. The summed E-state index contributed by atoms with van der Waals surface area (Å²) in [5.41, 5.74) is 5.23. The Morgan fingerprint density at radius 1 is 0.737 bits per heavy atom. The van der Waals surface area contributed by atoms with Gasteiger partial charge < -0.3 is 4.74 Å². The molecular formula is C16H18N2O. The summed E-state index contributed by atoms with van der Waals surface area (Å²) < 4.78 is 5.27. The lowest BCUT2D eigenvalue weighted by Gasteiger charge is -2.04. The highest BCUT2D eigenvalue weighted by molar-refractivity contribution is 5.48. The number of ether oxygens (including phenoxy) is 1. The Bertz CT molecular complexity index is 618. The molecule has 0 aliphatic rings. The van der Waals surface area contributed by atoms with Crippen LogP contribution in [-0.4, -0.2) is 7.11 Å². The fourth-order valence-electron chi connectivity index (χ4n) is 1.77. The van der Waals surface area contributed by atoms with Gasteiger partial charge >= 0.3 is 0 Å². The summed E-state index contributed by atoms with van der Waals surface area (Å²) in [5.74, 6) is 0.830. The van der Waals surface area contributed by atoms with E-state index in [1.165, 1.54) is 11.1 Å². The van der Waals surface area contributed by atoms with Gasteiger partial charge in [-0.25, -0.2) is 0 Å². The number of benzene rings is 2. The first-order valence-corrected chi connectivity index (χ1v) is 6.24. The molecule has 98 valence electrons. The molecule has 0 aromatic heterocycles. The van der Waals surface area contributed by atoms with Gasteiger partial charge in [-0.2, -0.15) is 10.2 Å². The van der Waals surface area contributed by atoms with Crippen LogP contribution < -0.4 is 4.74 Å². The van der Waals surface area contributed by atoms with Crippen LogP contribution in [0.4, 0.5) is 11.4 Å². The summed E-state index contributed by atoms with van der Waals surface area (Å²) in [5, 5.41) is 8.49. The standard InChI is InChI=1S/C16H18N2O/c1-11-5-7-14(9-13(11)3)17-18-15-8-6-12(2)16(10-15)19-4/h5-10H,1-4H3. The van der Waals surface area contributed by atoms with Crippen molar-refractivity contribution in [3.63, 3.8) is 0 Å². The zero-order valence-corrected chi connectivity index (χ0v) is 11.8. The third-order valence-electron chi connectivity index (χ3n) is 3.16. The molecule has 0 spiro atoms. The van der Waals surface area contributed by atoms with Gasteiger partial charge in [0.15, 0.2) is 0 Å². The van der Waals surface area contributed by atoms with Crippen LogP contribution >= 0.6 is 0 Å². The Balaban J connectivity index is 2.24. The molecule has 0 saturated heterocycles. The second-order valence-electron chi connectivity index (χ2n) is 4.62. The van der Waals surface area contributed by atoms with E-state index in [0.29, 0.717) is 0 Å². The Hall–Kier alpha value is -2.16. The number of rotatable bonds is 3. The Morgan fingerprint density at radius 3 is 1.89 bits per heavy atom. The number of methoxy groups -OCH3 is 1. The average molecular weight is 254 g/mol. The summed E-state index contributed by atoms with van der Waals surface area (Å²) in [7, 11) is 1.66. The summed E-state index contributed by atoms with van der Waals surface area (Å²) >= 11 is 0. The van der Waals surface area contributed by atoms with Crippen LogP contribution in [0.15, 0.2) is 46.6 Å². The van der Waals surface area contributed by atoms with Crippen LogP contribution in [0.5, 0.6) is 5.75 Å². The van der Waals surface area contributed by atoms with E-state index in [-0.39, 0.29) is 0 Å². The van der Waals surface area contributed by atoms with E-state index in [0.717, 1.165) is 22.7 Å². The molecule has 0 bridgehead atoms. The lowest BCUT2D eigenvalue weighted by atomic mass is 10.1. The number of azo groups is 1. The quantitative estimate of drug-likeness (QED) is 0.707. The maximum absolute atomic E-state index is 5.27. The summed E-state index contributed by atoms with van der Waals surface area (Å²) in [6, 6.07) is 11.9. The molecule has 2 aromatic carbocycles. The van der Waals surface area contributed by atoms with Gasteiger partial charge in [-0.3, -0.25) is 0 Å². The summed E-state index contributed by atoms with van der Waals surface area (Å²) in [6.07, 6.45) is 0. The molecule has 2 aromatic rings. The molecule has 3 heteroatoms. The number of hydrogen-bond acceptors (Lipinski definition) is 3. The molecule has 0 aliphatic carbocycles. The maximum Gasteiger partial charge on any atom is 0.123 e. The van der Waals surface area contributed by atoms with E-state index < -0.39 is 0 Å². The van der Waals surface area contributed by atoms with Crippen LogP contribution in [-0.2, 0) is 0 Å². The van der Waals surface area contributed by atoms with Gasteiger partial charge in [-0.1, -0.05) is 12.1 Å². The SMILES string of the molecule is COc1cc(N=Nc2ccc(C)c(C)c2)ccc1C. The van der Waals surface area contributed by atoms with Gasteiger partial charge in [0.1, 0.15) is 5.75 Å². The van der Waals surface area contributed by atoms with Crippen molar-refractivity contribution >= 4 is 11.4 Å². The lowest BCUT2D eigenvalue weighted by molar-refractivity contribution is 0.412. The minimum atomic E-state index is 0.792. The van der Waals surface area contributed by atoms with Crippen molar-refractivity contribution in [1.82, 2.24) is 0 Å². The van der Waals surface area contributed by atoms with Gasteiger partial charge in [0.05, 0.1) is 18.5 Å². The monoisotopic (exact) mass is 254 g/mol. The van der Waals surface area contributed by atoms with Crippen molar-refractivity contribution in [3.05, 3.63) is 53.1 Å². The van der Waals surface area contributed by atoms with Crippen molar-refractivity contribution < 1.29 is 4.74 Å². The second kappa shape index (κ2) is 5.65. The molecular weight excluding hydrogens is 236 g/mol. The molecule has 0 atom stereocenters. The Labute approximate surface area is 114 Å². The second-order valence-corrected chi connectivity index (χ2v) is 4.62. The molecule has 0 N–H and O–H groups in total. The number of hydrogen-bond donors (Lipinski definition) is 0. The predicted molar refractivity (Wildman–Crippen MR) is 77.8 cm³/mol. The summed E-state index contributed by atoms with van der Waals surface area (Å²) in [4.78, 5) is 0. The minimum absolute atomic E-state index is 0.792. The zero-order valence-electron chi connectivity index (χ0n) is 11.8. The van der Waals surface area contributed by atoms with Crippen LogP contribution in [0, 0.1) is 20.8 Å². The minimum Gasteiger partial charge on any atom is -0.496 e. The predicted octanol–water partition coefficient (Wildman–Crippen LogP) is 5.04. The zero-order chi connectivity index (χ0) is 13.8. The van der Waals surface area contributed by atoms with E-state index in [2.05, 4.69) is 30.1 Å². The highest BCUT2D eigenvalue weighted by Gasteiger charge is 1.99. The number of nitrogens with zero attached hydrogens (tertiary/aromatic N) is 2. The van der Waals surface area contributed by atoms with Gasteiger partial charge in [0.2, 0.25) is 0 Å². The van der Waals surface area contributed by atoms with E-state index in [4.69, 9.17) is 4.74 Å². The molecule has 3 nitrogen and oxygen atoms in total. The van der Waals surface area contributed by atoms with Crippen LogP contribution in [0.1, 0.15) is 16.7 Å². The fourth-order valence-corrected chi connectivity index (χ4v) is 1.77. The first kappa shape index (κ1) is 13.3. The van der Waals surface area contributed by atoms with E-state index in [9.17, 15) is 0 Å². The molecule has 19 heavy (non-hydrogen) atoms. The molecule has 0 heterocycles. The first-order valence-electron chi connectivity index (χ1n) is 6.24. The molecule has 0 fully saturated rings. The highest BCUT2D eigenvalue weighted by atomic mass is 16.5. The summed E-state index contributed by atoms with van der Waals surface area (Å²) in [6.45, 7) is 6.16. The number of aryl methyl sites for hydroxylation is 3. The Morgan fingerprint density at radius 2 is 1.32 bits per heavy atom. The maximum atomic E-state index is 5.27. The van der Waals surface area contributed by atoms with Crippen LogP contribution in [0.2, 0.25) is 0 Å². The Kier molecular flexibility index (Phi) is 3.95. The van der Waals surface area contributed by atoms with E-state index >= 15 is 0 Å². The lowest BCUT2D eigenvalue weighted by Crippen LogP contribution is -1.85. The largest absolute Gasteiger partial charge is 0.496 e. The van der Waals surface area contributed by atoms with E-state index in [1.807, 2.05) is 37.3 Å². The van der Waals surface area contributed by atoms with Gasteiger partial charge in [-0.05, 0) is 55.7 Å². The topological polar surface area (TPSA) is 34.0 Å². The highest BCUT2D eigenvalue weighted by Crippen LogP contribution is 2.26. The van der Waals surface area contributed by atoms with Crippen molar-refractivity contribution in [3.8, 4) is 5.75 Å². The molecule has 2 rings (SSSR count). The molecule has 0 radical (unpaired) electrons. The van der Waals surface area contributed by atoms with Crippen molar-refractivity contribution in [1.29, 1.82) is 0 Å². The van der Waals surface area contributed by atoms with Crippen LogP contribution in [0.3, 0.4) is 0 Å². The van der Waals surface area contributed by atoms with Crippen molar-refractivity contribution in [2.24, 2.45) is 10.2 Å². The third-order valence-corrected chi connectivity index (χ3v) is 3.16. The van der Waals surface area contributed by atoms with Crippen molar-refractivity contribution in [2.45, 2.75) is 20.8 Å². The van der Waals surface area contributed by atoms with E-state index in [1.54, 1.807) is 7.11 Å². The normalized spacial score (nSPS) is 10.9. The third kappa shape index (κ3) is 3.19. The fraction of sp³-hybridized carbons (Fsp3) is 0.250. The first-order chi connectivity index (χ1) is 9.10. The van der Waals surface area contributed by atoms with Gasteiger partial charge in [0, 0.05) is 6.07 Å². The van der Waals surface area contributed by atoms with Gasteiger partial charge in [0.25, 0.3) is 0 Å². The van der Waals surface area contributed by atoms with Crippen molar-refractivity contribution in [2.75, 3.05) is 7.11 Å². The molecule has 0 saturated carbocycles. The smallest absolute Gasteiger partial charge is 0.123 e. The van der Waals surface area contributed by atoms with Gasteiger partial charge in [-0.15, -0.1) is 0 Å². The molecule has 0 unspecified atom stereocenters. The average Bonchev–Trinajstić information content (AvgIpc) is 2.41. The molecule has 0 aliphatic heterocycles. The van der Waals surface area contributed by atoms with Crippen LogP contribution in [0.25, 0.3) is 0 Å².